The van der Waals surface area contributed by atoms with Crippen molar-refractivity contribution < 1.29 is 19.1 Å². The molecule has 0 aliphatic carbocycles. The molecule has 0 saturated carbocycles. The zero-order chi connectivity index (χ0) is 17.6. The summed E-state index contributed by atoms with van der Waals surface area (Å²) in [6.45, 7) is 0.368. The summed E-state index contributed by atoms with van der Waals surface area (Å²) in [6, 6.07) is 8.73. The third-order valence-electron chi connectivity index (χ3n) is 4.18. The second kappa shape index (κ2) is 7.79. The SMILES string of the molecule is CNC(=O)C1(COC)CCCN1C(=O)COc1ccccc1C#N. The van der Waals surface area contributed by atoms with Crippen molar-refractivity contribution in [2.45, 2.75) is 18.4 Å². The third-order valence-corrected chi connectivity index (χ3v) is 4.18. The smallest absolute Gasteiger partial charge is 0.261 e. The number of benzene rings is 1. The van der Waals surface area contributed by atoms with E-state index >= 15 is 0 Å². The van der Waals surface area contributed by atoms with Gasteiger partial charge in [-0.25, -0.2) is 0 Å². The van der Waals surface area contributed by atoms with Gasteiger partial charge < -0.3 is 19.7 Å². The number of nitriles is 1. The monoisotopic (exact) mass is 331 g/mol. The van der Waals surface area contributed by atoms with Crippen LogP contribution >= 0.6 is 0 Å². The van der Waals surface area contributed by atoms with E-state index in [9.17, 15) is 9.59 Å². The number of methoxy groups -OCH3 is 1. The highest BCUT2D eigenvalue weighted by Crippen LogP contribution is 2.30. The Hall–Kier alpha value is -2.59. The molecule has 1 fully saturated rings. The minimum Gasteiger partial charge on any atom is -0.482 e. The number of hydrogen-bond acceptors (Lipinski definition) is 5. The molecule has 1 unspecified atom stereocenters. The van der Waals surface area contributed by atoms with Gasteiger partial charge in [-0.05, 0) is 25.0 Å². The number of carbonyl (C=O) groups is 2. The van der Waals surface area contributed by atoms with Gasteiger partial charge in [-0.1, -0.05) is 12.1 Å². The fraction of sp³-hybridized carbons (Fsp3) is 0.471. The minimum absolute atomic E-state index is 0.132. The first kappa shape index (κ1) is 17.8. The Morgan fingerprint density at radius 2 is 2.17 bits per heavy atom. The van der Waals surface area contributed by atoms with E-state index in [1.807, 2.05) is 6.07 Å². The maximum absolute atomic E-state index is 12.6. The molecule has 1 N–H and O–H groups in total. The second-order valence-corrected chi connectivity index (χ2v) is 5.59. The Kier molecular flexibility index (Phi) is 5.77. The van der Waals surface area contributed by atoms with Gasteiger partial charge in [0, 0.05) is 20.7 Å². The van der Waals surface area contributed by atoms with Crippen LogP contribution in [0.3, 0.4) is 0 Å². The van der Waals surface area contributed by atoms with Crippen LogP contribution < -0.4 is 10.1 Å². The van der Waals surface area contributed by atoms with Crippen LogP contribution in [0.4, 0.5) is 0 Å². The van der Waals surface area contributed by atoms with E-state index in [0.717, 1.165) is 6.42 Å². The van der Waals surface area contributed by atoms with Crippen LogP contribution in [0.5, 0.6) is 5.75 Å². The topological polar surface area (TPSA) is 91.7 Å². The summed E-state index contributed by atoms with van der Waals surface area (Å²) in [5, 5.41) is 11.7. The summed E-state index contributed by atoms with van der Waals surface area (Å²) in [5.74, 6) is -0.196. The van der Waals surface area contributed by atoms with Gasteiger partial charge in [0.1, 0.15) is 17.4 Å². The standard InChI is InChI=1S/C17H21N3O4/c1-19-16(22)17(12-23-2)8-5-9-20(17)15(21)11-24-14-7-4-3-6-13(14)10-18/h3-4,6-7H,5,8-9,11-12H2,1-2H3,(H,19,22). The van der Waals surface area contributed by atoms with Gasteiger partial charge in [0.25, 0.3) is 5.91 Å². The number of nitrogens with one attached hydrogen (secondary N) is 1. The molecular formula is C17H21N3O4. The van der Waals surface area contributed by atoms with Crippen LogP contribution in [0.15, 0.2) is 24.3 Å². The zero-order valence-corrected chi connectivity index (χ0v) is 13.9. The van der Waals surface area contributed by atoms with Crippen molar-refractivity contribution in [1.82, 2.24) is 10.2 Å². The lowest BCUT2D eigenvalue weighted by atomic mass is 9.95. The summed E-state index contributed by atoms with van der Waals surface area (Å²) in [6.07, 6.45) is 1.26. The third kappa shape index (κ3) is 3.34. The molecule has 0 bridgehead atoms. The number of likely N-dealkylation sites (tertiary alicyclic amines) is 1. The number of para-hydroxylation sites is 1. The van der Waals surface area contributed by atoms with Crippen molar-refractivity contribution in [3.63, 3.8) is 0 Å². The van der Waals surface area contributed by atoms with Crippen LogP contribution in [0, 0.1) is 11.3 Å². The lowest BCUT2D eigenvalue weighted by Gasteiger charge is -2.36. The molecule has 1 aliphatic heterocycles. The Labute approximate surface area is 141 Å². The molecular weight excluding hydrogens is 310 g/mol. The van der Waals surface area contributed by atoms with Crippen molar-refractivity contribution in [2.24, 2.45) is 0 Å². The lowest BCUT2D eigenvalue weighted by molar-refractivity contribution is -0.149. The molecule has 0 spiro atoms. The molecule has 1 aliphatic rings. The van der Waals surface area contributed by atoms with Crippen molar-refractivity contribution >= 4 is 11.8 Å². The number of ether oxygens (including phenoxy) is 2. The predicted octanol–water partition coefficient (Wildman–Crippen LogP) is 0.691. The van der Waals surface area contributed by atoms with E-state index < -0.39 is 5.54 Å². The number of nitrogens with zero attached hydrogens (tertiary/aromatic N) is 2. The van der Waals surface area contributed by atoms with Gasteiger partial charge in [0.2, 0.25) is 5.91 Å². The fourth-order valence-electron chi connectivity index (χ4n) is 3.07. The van der Waals surface area contributed by atoms with Gasteiger partial charge in [0.15, 0.2) is 6.61 Å². The molecule has 0 aromatic heterocycles. The summed E-state index contributed by atoms with van der Waals surface area (Å²) in [7, 11) is 3.05. The molecule has 1 heterocycles. The molecule has 2 rings (SSSR count). The predicted molar refractivity (Wildman–Crippen MR) is 86.3 cm³/mol. The van der Waals surface area contributed by atoms with Gasteiger partial charge in [-0.3, -0.25) is 9.59 Å². The maximum Gasteiger partial charge on any atom is 0.261 e. The molecule has 128 valence electrons. The molecule has 1 saturated heterocycles. The van der Waals surface area contributed by atoms with E-state index in [4.69, 9.17) is 14.7 Å². The van der Waals surface area contributed by atoms with Gasteiger partial charge in [0.05, 0.1) is 12.2 Å². The average molecular weight is 331 g/mol. The Morgan fingerprint density at radius 1 is 1.42 bits per heavy atom. The number of carbonyl (C=O) groups excluding carboxylic acids is 2. The summed E-state index contributed by atoms with van der Waals surface area (Å²) in [4.78, 5) is 26.5. The molecule has 1 aromatic rings. The van der Waals surface area contributed by atoms with Gasteiger partial charge in [-0.2, -0.15) is 5.26 Å². The first-order valence-electron chi connectivity index (χ1n) is 7.72. The first-order valence-corrected chi connectivity index (χ1v) is 7.72. The van der Waals surface area contributed by atoms with Crippen LogP contribution in [-0.4, -0.2) is 56.2 Å². The second-order valence-electron chi connectivity index (χ2n) is 5.59. The highest BCUT2D eigenvalue weighted by molar-refractivity contribution is 5.92. The quantitative estimate of drug-likeness (QED) is 0.828. The minimum atomic E-state index is -1.00. The lowest BCUT2D eigenvalue weighted by Crippen LogP contribution is -2.60. The van der Waals surface area contributed by atoms with Crippen molar-refractivity contribution in [3.8, 4) is 11.8 Å². The summed E-state index contributed by atoms with van der Waals surface area (Å²) in [5.41, 5.74) is -0.639. The number of likely N-dealkylation sites (N-methyl/N-ethyl adjacent to an activating group) is 1. The van der Waals surface area contributed by atoms with Crippen molar-refractivity contribution in [3.05, 3.63) is 29.8 Å². The molecule has 0 radical (unpaired) electrons. The van der Waals surface area contributed by atoms with E-state index in [0.29, 0.717) is 24.3 Å². The largest absolute Gasteiger partial charge is 0.482 e. The van der Waals surface area contributed by atoms with E-state index in [2.05, 4.69) is 5.32 Å². The molecule has 7 heteroatoms. The molecule has 1 atom stereocenters. The summed E-state index contributed by atoms with van der Waals surface area (Å²) < 4.78 is 10.7. The van der Waals surface area contributed by atoms with Crippen LogP contribution in [0.2, 0.25) is 0 Å². The van der Waals surface area contributed by atoms with Crippen LogP contribution in [0.1, 0.15) is 18.4 Å². The van der Waals surface area contributed by atoms with E-state index in [-0.39, 0.29) is 25.0 Å². The van der Waals surface area contributed by atoms with E-state index in [1.165, 1.54) is 12.0 Å². The Balaban J connectivity index is 2.13. The van der Waals surface area contributed by atoms with Crippen molar-refractivity contribution in [1.29, 1.82) is 5.26 Å². The van der Waals surface area contributed by atoms with Gasteiger partial charge in [-0.15, -0.1) is 0 Å². The zero-order valence-electron chi connectivity index (χ0n) is 13.9. The normalized spacial score (nSPS) is 19.6. The fourth-order valence-corrected chi connectivity index (χ4v) is 3.07. The highest BCUT2D eigenvalue weighted by Gasteiger charge is 2.49. The van der Waals surface area contributed by atoms with Crippen LogP contribution in [0.25, 0.3) is 0 Å². The molecule has 24 heavy (non-hydrogen) atoms. The summed E-state index contributed by atoms with van der Waals surface area (Å²) >= 11 is 0. The molecule has 2 amide bonds. The number of rotatable bonds is 6. The average Bonchev–Trinajstić information content (AvgIpc) is 3.04. The van der Waals surface area contributed by atoms with Gasteiger partial charge >= 0.3 is 0 Å². The first-order chi connectivity index (χ1) is 11.6. The van der Waals surface area contributed by atoms with Crippen molar-refractivity contribution in [2.75, 3.05) is 33.9 Å². The van der Waals surface area contributed by atoms with E-state index in [1.54, 1.807) is 31.3 Å². The Bertz CT molecular complexity index is 655. The number of hydrogen-bond donors (Lipinski definition) is 1. The molecule has 1 aromatic carbocycles. The van der Waals surface area contributed by atoms with Crippen LogP contribution in [-0.2, 0) is 14.3 Å². The molecule has 7 nitrogen and oxygen atoms in total. The maximum atomic E-state index is 12.6. The Morgan fingerprint density at radius 3 is 2.83 bits per heavy atom. The number of amides is 2. The highest BCUT2D eigenvalue weighted by atomic mass is 16.5.